The van der Waals surface area contributed by atoms with Crippen molar-refractivity contribution in [2.45, 2.75) is 24.5 Å². The first-order valence-corrected chi connectivity index (χ1v) is 8.27. The molecular formula is C17H20N2O10. The summed E-state index contributed by atoms with van der Waals surface area (Å²) in [7, 11) is 2.22. The van der Waals surface area contributed by atoms with Crippen molar-refractivity contribution in [3.8, 4) is 0 Å². The maximum absolute atomic E-state index is 12.1. The second kappa shape index (κ2) is 9.43. The molecule has 2 rings (SSSR count). The molecule has 1 aromatic rings. The topological polar surface area (TPSA) is 177 Å². The number of nitrogens with one attached hydrogen (secondary N) is 1. The van der Waals surface area contributed by atoms with Crippen molar-refractivity contribution in [1.29, 1.82) is 0 Å². The summed E-state index contributed by atoms with van der Waals surface area (Å²) in [6, 6.07) is 0. The molecule has 12 heteroatoms. The third-order valence-corrected chi connectivity index (χ3v) is 4.12. The summed E-state index contributed by atoms with van der Waals surface area (Å²) < 4.78 is 15.1. The molecule has 0 saturated carbocycles. The number of carbonyl (C=O) groups is 2. The monoisotopic (exact) mass is 412 g/mol. The van der Waals surface area contributed by atoms with E-state index < -0.39 is 54.3 Å². The first-order valence-electron chi connectivity index (χ1n) is 8.27. The molecule has 0 aliphatic carbocycles. The first-order chi connectivity index (χ1) is 13.7. The number of methoxy groups -OCH3 is 2. The van der Waals surface area contributed by atoms with Gasteiger partial charge < -0.3 is 29.5 Å². The zero-order valence-corrected chi connectivity index (χ0v) is 15.5. The van der Waals surface area contributed by atoms with Crippen LogP contribution in [0.3, 0.4) is 0 Å². The average molecular weight is 412 g/mol. The number of aromatic nitrogens is 2. The Morgan fingerprint density at radius 2 is 1.90 bits per heavy atom. The van der Waals surface area contributed by atoms with Crippen LogP contribution < -0.4 is 11.2 Å². The molecule has 0 aromatic carbocycles. The van der Waals surface area contributed by atoms with Gasteiger partial charge in [0, 0.05) is 12.3 Å². The summed E-state index contributed by atoms with van der Waals surface area (Å²) in [5.74, 6) is -1.64. The van der Waals surface area contributed by atoms with Crippen LogP contribution in [-0.2, 0) is 23.8 Å². The minimum absolute atomic E-state index is 0.211. The van der Waals surface area contributed by atoms with Crippen molar-refractivity contribution in [1.82, 2.24) is 9.55 Å². The lowest BCUT2D eigenvalue weighted by Crippen LogP contribution is -2.38. The van der Waals surface area contributed by atoms with Crippen LogP contribution in [0.4, 0.5) is 0 Å². The van der Waals surface area contributed by atoms with E-state index in [1.807, 2.05) is 4.98 Å². The van der Waals surface area contributed by atoms with E-state index in [1.54, 1.807) is 0 Å². The van der Waals surface area contributed by atoms with Crippen LogP contribution >= 0.6 is 0 Å². The molecule has 0 unspecified atom stereocenters. The molecule has 0 amide bonds. The SMILES string of the molecule is COC(=O)C=CC(=Cc1cn([C@@H]2O[C@H](CO)[C@@H](O)[C@H]2O)c(=O)[nH]c1=O)C(=O)OC. The first kappa shape index (κ1) is 22.2. The van der Waals surface area contributed by atoms with E-state index in [-0.39, 0.29) is 11.1 Å². The highest BCUT2D eigenvalue weighted by molar-refractivity contribution is 5.98. The second-order valence-electron chi connectivity index (χ2n) is 5.93. The number of hydrogen-bond acceptors (Lipinski definition) is 10. The van der Waals surface area contributed by atoms with Crippen LogP contribution in [0.2, 0.25) is 0 Å². The van der Waals surface area contributed by atoms with Gasteiger partial charge in [0.25, 0.3) is 5.56 Å². The molecule has 2 heterocycles. The lowest BCUT2D eigenvalue weighted by Gasteiger charge is -2.17. The van der Waals surface area contributed by atoms with Crippen molar-refractivity contribution in [2.75, 3.05) is 20.8 Å². The summed E-state index contributed by atoms with van der Waals surface area (Å²) in [5, 5.41) is 29.1. The zero-order valence-electron chi connectivity index (χ0n) is 15.5. The number of esters is 2. The molecule has 0 bridgehead atoms. The Bertz CT molecular complexity index is 944. The van der Waals surface area contributed by atoms with Crippen molar-refractivity contribution < 1.29 is 39.1 Å². The zero-order chi connectivity index (χ0) is 21.7. The van der Waals surface area contributed by atoms with Crippen molar-refractivity contribution in [2.24, 2.45) is 0 Å². The summed E-state index contributed by atoms with van der Waals surface area (Å²) in [6.45, 7) is -0.607. The highest BCUT2D eigenvalue weighted by Crippen LogP contribution is 2.28. The number of ether oxygens (including phenoxy) is 3. The van der Waals surface area contributed by atoms with Crippen molar-refractivity contribution in [3.05, 3.63) is 50.3 Å². The van der Waals surface area contributed by atoms with Gasteiger partial charge in [-0.05, 0) is 12.2 Å². The molecule has 4 N–H and O–H groups in total. The Balaban J connectivity index is 2.52. The smallest absolute Gasteiger partial charge is 0.337 e. The highest BCUT2D eigenvalue weighted by Gasteiger charge is 2.43. The molecule has 1 aliphatic rings. The van der Waals surface area contributed by atoms with Gasteiger partial charge in [0.05, 0.1) is 32.0 Å². The molecule has 29 heavy (non-hydrogen) atoms. The molecule has 158 valence electrons. The highest BCUT2D eigenvalue weighted by atomic mass is 16.6. The van der Waals surface area contributed by atoms with Gasteiger partial charge in [-0.2, -0.15) is 0 Å². The van der Waals surface area contributed by atoms with Gasteiger partial charge >= 0.3 is 17.6 Å². The summed E-state index contributed by atoms with van der Waals surface area (Å²) in [4.78, 5) is 49.4. The van der Waals surface area contributed by atoms with Gasteiger partial charge in [0.2, 0.25) is 0 Å². The van der Waals surface area contributed by atoms with Crippen LogP contribution in [-0.4, -0.2) is 75.9 Å². The number of carbonyl (C=O) groups excluding carboxylic acids is 2. The van der Waals surface area contributed by atoms with Gasteiger partial charge in [-0.25, -0.2) is 14.4 Å². The summed E-state index contributed by atoms with van der Waals surface area (Å²) in [5.41, 5.74) is -2.25. The number of rotatable bonds is 6. The third-order valence-electron chi connectivity index (χ3n) is 4.12. The van der Waals surface area contributed by atoms with Crippen LogP contribution in [0.5, 0.6) is 0 Å². The van der Waals surface area contributed by atoms with Gasteiger partial charge in [-0.1, -0.05) is 0 Å². The number of aromatic amines is 1. The fourth-order valence-corrected chi connectivity index (χ4v) is 2.59. The van der Waals surface area contributed by atoms with Gasteiger partial charge in [0.15, 0.2) is 6.23 Å². The Morgan fingerprint density at radius 1 is 1.21 bits per heavy atom. The maximum Gasteiger partial charge on any atom is 0.337 e. The fourth-order valence-electron chi connectivity index (χ4n) is 2.59. The second-order valence-corrected chi connectivity index (χ2v) is 5.93. The van der Waals surface area contributed by atoms with Gasteiger partial charge in [0.1, 0.15) is 18.3 Å². The Kier molecular flexibility index (Phi) is 7.23. The van der Waals surface area contributed by atoms with E-state index >= 15 is 0 Å². The van der Waals surface area contributed by atoms with Crippen molar-refractivity contribution >= 4 is 18.0 Å². The number of H-pyrrole nitrogens is 1. The number of aliphatic hydroxyl groups excluding tert-OH is 3. The largest absolute Gasteiger partial charge is 0.466 e. The standard InChI is InChI=1S/C17H20N2O10/c1-27-11(21)4-3-8(16(25)28-2)5-9-6-19(17(26)18-14(9)24)15-13(23)12(22)10(7-20)29-15/h3-6,10,12-13,15,20,22-23H,7H2,1-2H3,(H,18,24,26)/t10-,12-,13-,15-/m1/s1. The number of hydrogen-bond donors (Lipinski definition) is 4. The van der Waals surface area contributed by atoms with Crippen LogP contribution in [0.15, 0.2) is 33.5 Å². The predicted octanol–water partition coefficient (Wildman–Crippen LogP) is -2.57. The quantitative estimate of drug-likeness (QED) is 0.221. The summed E-state index contributed by atoms with van der Waals surface area (Å²) >= 11 is 0. The molecule has 4 atom stereocenters. The predicted molar refractivity (Wildman–Crippen MR) is 95.5 cm³/mol. The molecule has 1 aromatic heterocycles. The molecule has 1 fully saturated rings. The van der Waals surface area contributed by atoms with Gasteiger partial charge in [-0.15, -0.1) is 0 Å². The van der Waals surface area contributed by atoms with E-state index in [0.29, 0.717) is 0 Å². The van der Waals surface area contributed by atoms with E-state index in [4.69, 9.17) is 4.74 Å². The minimum Gasteiger partial charge on any atom is -0.466 e. The van der Waals surface area contributed by atoms with Crippen LogP contribution in [0, 0.1) is 0 Å². The maximum atomic E-state index is 12.1. The van der Waals surface area contributed by atoms with Crippen LogP contribution in [0.1, 0.15) is 11.8 Å². The Hall–Kier alpha value is -3.06. The molecule has 1 saturated heterocycles. The van der Waals surface area contributed by atoms with E-state index in [9.17, 15) is 34.5 Å². The normalized spacial score (nSPS) is 24.7. The molecule has 0 spiro atoms. The molecular weight excluding hydrogens is 392 g/mol. The van der Waals surface area contributed by atoms with Crippen molar-refractivity contribution in [3.63, 3.8) is 0 Å². The van der Waals surface area contributed by atoms with E-state index in [1.165, 1.54) is 0 Å². The van der Waals surface area contributed by atoms with Gasteiger partial charge in [-0.3, -0.25) is 14.3 Å². The molecule has 12 nitrogen and oxygen atoms in total. The summed E-state index contributed by atoms with van der Waals surface area (Å²) in [6.07, 6.45) is -1.54. The number of aliphatic hydroxyl groups is 3. The molecule has 0 radical (unpaired) electrons. The Morgan fingerprint density at radius 3 is 2.45 bits per heavy atom. The van der Waals surface area contributed by atoms with E-state index in [0.717, 1.165) is 43.2 Å². The lowest BCUT2D eigenvalue weighted by atomic mass is 10.1. The Labute approximate surface area is 163 Å². The fraction of sp³-hybridized carbons (Fsp3) is 0.412. The molecule has 1 aliphatic heterocycles. The third kappa shape index (κ3) is 4.86. The van der Waals surface area contributed by atoms with Crippen LogP contribution in [0.25, 0.3) is 6.08 Å². The van der Waals surface area contributed by atoms with E-state index in [2.05, 4.69) is 9.47 Å². The number of nitrogens with zero attached hydrogens (tertiary/aromatic N) is 1. The lowest BCUT2D eigenvalue weighted by molar-refractivity contribution is -0.135. The minimum atomic E-state index is -1.56. The average Bonchev–Trinajstić information content (AvgIpc) is 2.99.